The van der Waals surface area contributed by atoms with Gasteiger partial charge in [0.2, 0.25) is 0 Å². The lowest BCUT2D eigenvalue weighted by atomic mass is 9.70. The molecule has 262 valence electrons. The average molecular weight is 720 g/mol. The van der Waals surface area contributed by atoms with Gasteiger partial charge in [-0.1, -0.05) is 188 Å². The minimum Gasteiger partial charge on any atom is -0.311 e. The molecule has 0 fully saturated rings. The summed E-state index contributed by atoms with van der Waals surface area (Å²) in [5.41, 5.74) is 11.6. The van der Waals surface area contributed by atoms with E-state index in [1.165, 1.54) is 0 Å². The molecular weight excluding hydrogens is 675 g/mol. The molecule has 1 heteroatoms. The van der Waals surface area contributed by atoms with Crippen LogP contribution in [-0.4, -0.2) is 0 Å². The van der Waals surface area contributed by atoms with Crippen molar-refractivity contribution in [3.05, 3.63) is 247 Å². The van der Waals surface area contributed by atoms with Gasteiger partial charge < -0.3 is 4.90 Å². The first-order valence-electron chi connectivity index (χ1n) is 22.8. The lowest BCUT2D eigenvalue weighted by molar-refractivity contribution is 0.794. The van der Waals surface area contributed by atoms with Crippen LogP contribution in [0.4, 0.5) is 17.1 Å². The molecule has 0 saturated carbocycles. The fraction of sp³-hybridized carbons (Fsp3) is 0.0182. The molecule has 2 aliphatic carbocycles. The monoisotopic (exact) mass is 719 g/mol. The van der Waals surface area contributed by atoms with Crippen LogP contribution >= 0.6 is 0 Å². The molecule has 11 rings (SSSR count). The van der Waals surface area contributed by atoms with Crippen LogP contribution in [0.15, 0.2) is 224 Å². The van der Waals surface area contributed by atoms with Gasteiger partial charge in [-0.05, 0) is 114 Å². The minimum absolute atomic E-state index is 0.110. The summed E-state index contributed by atoms with van der Waals surface area (Å²) in [6.07, 6.45) is 0. The zero-order valence-electron chi connectivity index (χ0n) is 38.2. The third kappa shape index (κ3) is 4.88. The third-order valence-corrected chi connectivity index (χ3v) is 11.3. The lowest BCUT2D eigenvalue weighted by Crippen LogP contribution is -2.25. The van der Waals surface area contributed by atoms with Crippen LogP contribution in [0.2, 0.25) is 0 Å². The summed E-state index contributed by atoms with van der Waals surface area (Å²) in [4.78, 5) is 2.24. The number of anilines is 3. The molecule has 0 amide bonds. The zero-order valence-corrected chi connectivity index (χ0v) is 30.2. The predicted octanol–water partition coefficient (Wildman–Crippen LogP) is 14.5. The highest BCUT2D eigenvalue weighted by molar-refractivity contribution is 6.00. The number of nitrogens with zero attached hydrogens (tertiary/aromatic N) is 1. The van der Waals surface area contributed by atoms with Gasteiger partial charge in [0.15, 0.2) is 0 Å². The molecule has 0 radical (unpaired) electrons. The molecule has 0 N–H and O–H groups in total. The Labute approximate surface area is 339 Å². The fourth-order valence-electron chi connectivity index (χ4n) is 8.90. The third-order valence-electron chi connectivity index (χ3n) is 11.3. The van der Waals surface area contributed by atoms with E-state index in [0.29, 0.717) is 11.1 Å². The average Bonchev–Trinajstić information content (AvgIpc) is 3.83. The predicted molar refractivity (Wildman–Crippen MR) is 234 cm³/mol. The van der Waals surface area contributed by atoms with Crippen molar-refractivity contribution in [1.29, 1.82) is 0 Å². The Hall–Kier alpha value is -7.22. The molecule has 1 spiro atoms. The quantitative estimate of drug-likeness (QED) is 0.165. The molecule has 0 heterocycles. The highest BCUT2D eigenvalue weighted by Crippen LogP contribution is 2.63. The topological polar surface area (TPSA) is 3.24 Å². The summed E-state index contributed by atoms with van der Waals surface area (Å²) < 4.78 is 72.2. The smallest absolute Gasteiger partial charge is 0.0725 e. The van der Waals surface area contributed by atoms with Crippen LogP contribution in [0.1, 0.15) is 33.2 Å². The van der Waals surface area contributed by atoms with E-state index in [9.17, 15) is 2.74 Å². The maximum Gasteiger partial charge on any atom is 0.0725 e. The second kappa shape index (κ2) is 13.0. The van der Waals surface area contributed by atoms with Gasteiger partial charge in [-0.25, -0.2) is 0 Å². The van der Waals surface area contributed by atoms with Gasteiger partial charge in [-0.3, -0.25) is 0 Å². The molecule has 9 aromatic rings. The van der Waals surface area contributed by atoms with Gasteiger partial charge in [-0.15, -0.1) is 0 Å². The summed E-state index contributed by atoms with van der Waals surface area (Å²) in [5, 5.41) is 0. The van der Waals surface area contributed by atoms with Crippen molar-refractivity contribution in [1.82, 2.24) is 0 Å². The summed E-state index contributed by atoms with van der Waals surface area (Å²) in [6.45, 7) is 0. The Bertz CT molecular complexity index is 3180. The van der Waals surface area contributed by atoms with E-state index in [1.807, 2.05) is 78.9 Å². The van der Waals surface area contributed by atoms with Crippen LogP contribution in [0.5, 0.6) is 0 Å². The first kappa shape index (κ1) is 25.0. The maximum atomic E-state index is 9.43. The normalized spacial score (nSPS) is 14.8. The Morgan fingerprint density at radius 2 is 0.714 bits per heavy atom. The molecule has 1 nitrogen and oxygen atoms in total. The molecule has 0 aliphatic heterocycles. The van der Waals surface area contributed by atoms with Crippen molar-refractivity contribution in [3.8, 4) is 55.6 Å². The first-order chi connectivity index (χ1) is 31.1. The standard InChI is InChI=1S/C55H37N/c1-3-14-38(15-4-1)40-26-32-43(33-27-40)56(44-34-28-41(29-35-44)39-16-5-2-6-17-39)45-36-30-42(31-37-45)46-21-13-25-53-54(46)49-20-9-12-24-52(49)55(53)50-22-10-7-18-47(50)48-19-8-11-23-51(48)55/h1-37H/i7D,8D,10D,11D,18D,19D,22D,23D. The van der Waals surface area contributed by atoms with Crippen LogP contribution in [0, 0.1) is 0 Å². The summed E-state index contributed by atoms with van der Waals surface area (Å²) in [5.74, 6) is 0. The largest absolute Gasteiger partial charge is 0.311 e. The van der Waals surface area contributed by atoms with Crippen LogP contribution in [-0.2, 0) is 5.41 Å². The van der Waals surface area contributed by atoms with Crippen LogP contribution in [0.3, 0.4) is 0 Å². The van der Waals surface area contributed by atoms with Crippen LogP contribution in [0.25, 0.3) is 55.6 Å². The summed E-state index contributed by atoms with van der Waals surface area (Å²) in [6, 6.07) is 56.9. The fourth-order valence-corrected chi connectivity index (χ4v) is 8.90. The molecule has 2 aliphatic rings. The molecule has 0 saturated heterocycles. The zero-order chi connectivity index (χ0) is 44.0. The maximum absolute atomic E-state index is 9.43. The molecule has 0 bridgehead atoms. The van der Waals surface area contributed by atoms with Crippen molar-refractivity contribution < 1.29 is 11.0 Å². The Morgan fingerprint density at radius 1 is 0.304 bits per heavy atom. The summed E-state index contributed by atoms with van der Waals surface area (Å²) >= 11 is 0. The van der Waals surface area contributed by atoms with Crippen molar-refractivity contribution in [2.24, 2.45) is 0 Å². The lowest BCUT2D eigenvalue weighted by Gasteiger charge is -2.30. The Balaban J connectivity index is 1.09. The number of hydrogen-bond donors (Lipinski definition) is 0. The van der Waals surface area contributed by atoms with Crippen molar-refractivity contribution >= 4 is 17.1 Å². The van der Waals surface area contributed by atoms with E-state index >= 15 is 0 Å². The van der Waals surface area contributed by atoms with E-state index in [0.717, 1.165) is 61.6 Å². The molecule has 9 aromatic carbocycles. The van der Waals surface area contributed by atoms with E-state index in [-0.39, 0.29) is 46.4 Å². The number of fused-ring (bicyclic) bond motifs is 10. The van der Waals surface area contributed by atoms with Crippen LogP contribution < -0.4 is 4.90 Å². The highest BCUT2D eigenvalue weighted by atomic mass is 15.1. The molecule has 0 atom stereocenters. The van der Waals surface area contributed by atoms with E-state index < -0.39 is 29.6 Å². The van der Waals surface area contributed by atoms with E-state index in [1.54, 1.807) is 0 Å². The van der Waals surface area contributed by atoms with E-state index in [4.69, 9.17) is 8.22 Å². The summed E-state index contributed by atoms with van der Waals surface area (Å²) in [7, 11) is 0. The van der Waals surface area contributed by atoms with Crippen molar-refractivity contribution in [2.75, 3.05) is 4.90 Å². The SMILES string of the molecule is [2H]c1c([2H])c([2H])c2c(c1[2H])-c1c([2H])c([2H])c([2H])c([2H])c1C21c2ccccc2-c2c(-c3ccc(N(c4ccc(-c5ccccc5)cc4)c4ccc(-c5ccccc5)cc4)cc3)cccc21. The van der Waals surface area contributed by atoms with Crippen molar-refractivity contribution in [2.45, 2.75) is 5.41 Å². The van der Waals surface area contributed by atoms with Gasteiger partial charge in [0, 0.05) is 17.1 Å². The number of benzene rings is 9. The molecule has 56 heavy (non-hydrogen) atoms. The molecule has 0 aromatic heterocycles. The Kier molecular flexibility index (Phi) is 5.78. The van der Waals surface area contributed by atoms with Gasteiger partial charge >= 0.3 is 0 Å². The molecule has 0 unspecified atom stereocenters. The van der Waals surface area contributed by atoms with Gasteiger partial charge in [0.05, 0.1) is 16.4 Å². The molecular formula is C55H37N. The highest BCUT2D eigenvalue weighted by Gasteiger charge is 2.51. The minimum atomic E-state index is -1.45. The number of rotatable bonds is 6. The second-order valence-electron chi connectivity index (χ2n) is 14.2. The van der Waals surface area contributed by atoms with Gasteiger partial charge in [0.1, 0.15) is 0 Å². The van der Waals surface area contributed by atoms with Gasteiger partial charge in [-0.2, -0.15) is 0 Å². The van der Waals surface area contributed by atoms with Gasteiger partial charge in [0.25, 0.3) is 0 Å². The number of hydrogen-bond acceptors (Lipinski definition) is 1. The van der Waals surface area contributed by atoms with E-state index in [2.05, 4.69) is 102 Å². The first-order valence-corrected chi connectivity index (χ1v) is 18.8. The van der Waals surface area contributed by atoms with Crippen molar-refractivity contribution in [3.63, 3.8) is 0 Å². The Morgan fingerprint density at radius 3 is 1.25 bits per heavy atom. The second-order valence-corrected chi connectivity index (χ2v) is 14.2.